The van der Waals surface area contributed by atoms with Gasteiger partial charge in [0.25, 0.3) is 0 Å². The Labute approximate surface area is 227 Å². The number of methoxy groups -OCH3 is 1. The van der Waals surface area contributed by atoms with E-state index in [1.807, 2.05) is 27.7 Å². The zero-order valence-corrected chi connectivity index (χ0v) is 23.4. The Hall–Kier alpha value is -2.72. The van der Waals surface area contributed by atoms with Crippen LogP contribution in [0.4, 0.5) is 0 Å². The third kappa shape index (κ3) is 3.74. The van der Waals surface area contributed by atoms with Crippen LogP contribution in [0.15, 0.2) is 23.0 Å². The Morgan fingerprint density at radius 2 is 1.90 bits per heavy atom. The summed E-state index contributed by atoms with van der Waals surface area (Å²) in [7, 11) is 1.31. The first kappa shape index (κ1) is 27.8. The summed E-state index contributed by atoms with van der Waals surface area (Å²) in [5.41, 5.74) is -5.60. The molecule has 10 nitrogen and oxygen atoms in total. The van der Waals surface area contributed by atoms with Crippen molar-refractivity contribution in [2.24, 2.45) is 22.2 Å². The lowest BCUT2D eigenvalue weighted by atomic mass is 9.43. The van der Waals surface area contributed by atoms with Crippen LogP contribution in [0.1, 0.15) is 84.8 Å². The van der Waals surface area contributed by atoms with E-state index in [9.17, 15) is 24.3 Å². The number of furan rings is 1. The molecule has 8 atom stereocenters. The normalized spacial score (nSPS) is 42.8. The van der Waals surface area contributed by atoms with E-state index in [2.05, 4.69) is 0 Å². The molecule has 2 saturated carbocycles. The largest absolute Gasteiger partial charge is 0.472 e. The van der Waals surface area contributed by atoms with E-state index in [1.165, 1.54) is 26.6 Å². The molecule has 2 aliphatic heterocycles. The summed E-state index contributed by atoms with van der Waals surface area (Å²) in [6.07, 6.45) is 1.22. The van der Waals surface area contributed by atoms with Gasteiger partial charge in [-0.05, 0) is 24.8 Å². The lowest BCUT2D eigenvalue weighted by Gasteiger charge is -2.70. The summed E-state index contributed by atoms with van der Waals surface area (Å²) >= 11 is 0. The quantitative estimate of drug-likeness (QED) is 0.441. The van der Waals surface area contributed by atoms with Gasteiger partial charge in [0.05, 0.1) is 32.2 Å². The van der Waals surface area contributed by atoms with Gasteiger partial charge in [-0.3, -0.25) is 19.2 Å². The molecule has 0 unspecified atom stereocenters. The Morgan fingerprint density at radius 1 is 1.18 bits per heavy atom. The van der Waals surface area contributed by atoms with Gasteiger partial charge in [-0.25, -0.2) is 0 Å². The van der Waals surface area contributed by atoms with Gasteiger partial charge in [0.15, 0.2) is 11.4 Å². The van der Waals surface area contributed by atoms with Crippen molar-refractivity contribution in [3.63, 3.8) is 0 Å². The highest BCUT2D eigenvalue weighted by Gasteiger charge is 2.79. The van der Waals surface area contributed by atoms with Gasteiger partial charge >= 0.3 is 17.9 Å². The zero-order valence-electron chi connectivity index (χ0n) is 23.4. The second-order valence-electron chi connectivity index (χ2n) is 12.9. The van der Waals surface area contributed by atoms with E-state index in [-0.39, 0.29) is 32.1 Å². The van der Waals surface area contributed by atoms with E-state index < -0.39 is 75.4 Å². The molecule has 0 aromatic carbocycles. The highest BCUT2D eigenvalue weighted by Crippen LogP contribution is 2.70. The molecule has 2 saturated heterocycles. The number of esters is 3. The second-order valence-corrected chi connectivity index (χ2v) is 12.9. The molecule has 1 aromatic heterocycles. The van der Waals surface area contributed by atoms with Gasteiger partial charge in [-0.2, -0.15) is 0 Å². The number of hydrogen-bond donors (Lipinski definition) is 1. The number of cyclic esters (lactones) is 1. The maximum Gasteiger partial charge on any atom is 0.309 e. The van der Waals surface area contributed by atoms with Gasteiger partial charge in [-0.15, -0.1) is 0 Å². The maximum absolute atomic E-state index is 13.8. The molecule has 1 aromatic rings. The predicted molar refractivity (Wildman–Crippen MR) is 134 cm³/mol. The molecular formula is C29H38O10. The minimum Gasteiger partial charge on any atom is -0.472 e. The summed E-state index contributed by atoms with van der Waals surface area (Å²) < 4.78 is 28.9. The lowest BCUT2D eigenvalue weighted by molar-refractivity contribution is -0.364. The summed E-state index contributed by atoms with van der Waals surface area (Å²) in [6.45, 7) is 8.98. The number of hydrogen-bond acceptors (Lipinski definition) is 10. The number of aliphatic hydroxyl groups is 1. The van der Waals surface area contributed by atoms with E-state index >= 15 is 0 Å². The topological polar surface area (TPSA) is 139 Å². The van der Waals surface area contributed by atoms with E-state index in [1.54, 1.807) is 6.07 Å². The molecule has 5 rings (SSSR count). The van der Waals surface area contributed by atoms with Crippen molar-refractivity contribution in [2.75, 3.05) is 7.11 Å². The number of ether oxygens (including phenoxy) is 4. The van der Waals surface area contributed by atoms with Crippen LogP contribution in [0, 0.1) is 22.2 Å². The molecule has 0 amide bonds. The molecule has 4 fully saturated rings. The van der Waals surface area contributed by atoms with Gasteiger partial charge in [0.1, 0.15) is 17.8 Å². The predicted octanol–water partition coefficient (Wildman–Crippen LogP) is 3.44. The fraction of sp³-hybridized carbons (Fsp3) is 0.724. The number of Topliss-reactive ketones (excluding diaryl/α,β-unsaturated/α-hetero) is 1. The molecule has 1 spiro atoms. The Morgan fingerprint density at radius 3 is 2.51 bits per heavy atom. The summed E-state index contributed by atoms with van der Waals surface area (Å²) in [5, 5.41) is 12.5. The second kappa shape index (κ2) is 8.89. The molecule has 214 valence electrons. The van der Waals surface area contributed by atoms with Crippen molar-refractivity contribution in [3.8, 4) is 0 Å². The van der Waals surface area contributed by atoms with Crippen molar-refractivity contribution in [2.45, 2.75) is 103 Å². The summed E-state index contributed by atoms with van der Waals surface area (Å²) in [4.78, 5) is 51.7. The first-order valence-corrected chi connectivity index (χ1v) is 13.5. The highest BCUT2D eigenvalue weighted by molar-refractivity contribution is 5.92. The fourth-order valence-electron chi connectivity index (χ4n) is 8.48. The number of carbonyl (C=O) groups excluding carboxylic acids is 4. The van der Waals surface area contributed by atoms with Crippen LogP contribution < -0.4 is 0 Å². The molecule has 10 heteroatoms. The SMILES string of the molecule is COC(=O)C[C@H]1C(C)(C)[C@H](OC(C)=O)C[C@@H]2O[C@]34CC(=O)O[C@@H](c5ccoc5)[C@]3(C)CCC(=O)[C@]4(O)C[C@@]21C. The van der Waals surface area contributed by atoms with Crippen molar-refractivity contribution >= 4 is 23.7 Å². The summed E-state index contributed by atoms with van der Waals surface area (Å²) in [5.74, 6) is -2.38. The molecule has 39 heavy (non-hydrogen) atoms. The molecule has 0 radical (unpaired) electrons. The van der Waals surface area contributed by atoms with Gasteiger partial charge in [0.2, 0.25) is 0 Å². The van der Waals surface area contributed by atoms with Crippen LogP contribution in [0.25, 0.3) is 0 Å². The Balaban J connectivity index is 1.67. The van der Waals surface area contributed by atoms with Crippen molar-refractivity contribution in [1.82, 2.24) is 0 Å². The third-order valence-corrected chi connectivity index (χ3v) is 10.6. The fourth-order valence-corrected chi connectivity index (χ4v) is 8.48. The minimum atomic E-state index is -2.02. The lowest BCUT2D eigenvalue weighted by Crippen LogP contribution is -2.80. The monoisotopic (exact) mass is 546 g/mol. The van der Waals surface area contributed by atoms with E-state index in [0.29, 0.717) is 12.0 Å². The summed E-state index contributed by atoms with van der Waals surface area (Å²) in [6, 6.07) is 1.71. The highest BCUT2D eigenvalue weighted by atomic mass is 16.6. The smallest absolute Gasteiger partial charge is 0.309 e. The first-order chi connectivity index (χ1) is 18.1. The van der Waals surface area contributed by atoms with Crippen LogP contribution in [-0.2, 0) is 38.1 Å². The van der Waals surface area contributed by atoms with Crippen LogP contribution in [0.5, 0.6) is 0 Å². The first-order valence-electron chi connectivity index (χ1n) is 13.5. The third-order valence-electron chi connectivity index (χ3n) is 10.6. The Bertz CT molecular complexity index is 1190. The minimum absolute atomic E-state index is 0.0220. The molecule has 4 aliphatic rings. The average Bonchev–Trinajstić information content (AvgIpc) is 3.38. The molecular weight excluding hydrogens is 508 g/mol. The van der Waals surface area contributed by atoms with E-state index in [0.717, 1.165) is 0 Å². The molecule has 3 heterocycles. The van der Waals surface area contributed by atoms with Crippen LogP contribution in [0.3, 0.4) is 0 Å². The number of rotatable bonds is 4. The zero-order chi connectivity index (χ0) is 28.6. The van der Waals surface area contributed by atoms with Crippen LogP contribution in [0.2, 0.25) is 0 Å². The number of carbonyl (C=O) groups is 4. The maximum atomic E-state index is 13.8. The molecule has 2 aliphatic carbocycles. The van der Waals surface area contributed by atoms with Gasteiger partial charge in [0, 0.05) is 48.0 Å². The van der Waals surface area contributed by atoms with Gasteiger partial charge in [-0.1, -0.05) is 27.7 Å². The number of fused-ring (bicyclic) bond motifs is 1. The number of ketones is 1. The van der Waals surface area contributed by atoms with E-state index in [4.69, 9.17) is 23.4 Å². The van der Waals surface area contributed by atoms with Gasteiger partial charge < -0.3 is 28.5 Å². The van der Waals surface area contributed by atoms with Crippen molar-refractivity contribution in [1.29, 1.82) is 0 Å². The van der Waals surface area contributed by atoms with Crippen molar-refractivity contribution in [3.05, 3.63) is 24.2 Å². The van der Waals surface area contributed by atoms with Crippen LogP contribution >= 0.6 is 0 Å². The molecule has 0 bridgehead atoms. The molecule has 1 N–H and O–H groups in total. The average molecular weight is 547 g/mol. The Kier molecular flexibility index (Phi) is 6.35. The van der Waals surface area contributed by atoms with Crippen LogP contribution in [-0.4, -0.2) is 59.3 Å². The standard InChI is InChI=1S/C29H38O10/c1-16(30)37-20-12-21-26(4,18(25(20,2)3)11-22(32)35-6)15-28(34)19(31)7-9-27(5)24(17-8-10-36-14-17)38-23(33)13-29(27,28)39-21/h8,10,14,18,20-21,24,34H,7,9,11-13,15H2,1-6H3/t18-,20+,21-,24-,26+,27-,28+,29+/m0/s1. The van der Waals surface area contributed by atoms with Crippen molar-refractivity contribution < 1.29 is 47.6 Å².